The summed E-state index contributed by atoms with van der Waals surface area (Å²) in [6.07, 6.45) is 0. The number of hydrogen-bond donors (Lipinski definition) is 0. The first-order valence-electron chi connectivity index (χ1n) is 6.13. The van der Waals surface area contributed by atoms with E-state index in [1.807, 2.05) is 0 Å². The van der Waals surface area contributed by atoms with E-state index >= 15 is 0 Å². The lowest BCUT2D eigenvalue weighted by atomic mass is 10.3. The third-order valence-electron chi connectivity index (χ3n) is 2.63. The first-order chi connectivity index (χ1) is 11.4. The Bertz CT molecular complexity index is 815. The SMILES string of the molecule is Clc1nc(Cl)nc(N(c2nc(Cl)nc(Cl)n2)c2ccccc2Cl)n1. The second kappa shape index (κ2) is 7.16. The summed E-state index contributed by atoms with van der Waals surface area (Å²) in [5, 5.41) is -0.0963. The molecule has 3 rings (SSSR count). The van der Waals surface area contributed by atoms with E-state index in [1.54, 1.807) is 24.3 Å². The molecule has 0 aliphatic carbocycles. The van der Waals surface area contributed by atoms with Gasteiger partial charge in [-0.3, -0.25) is 0 Å². The second-order valence-corrected chi connectivity index (χ2v) is 5.89. The lowest BCUT2D eigenvalue weighted by Crippen LogP contribution is -2.18. The maximum Gasteiger partial charge on any atom is 0.242 e. The van der Waals surface area contributed by atoms with Crippen LogP contribution in [-0.2, 0) is 0 Å². The fraction of sp³-hybridized carbons (Fsp3) is 0. The van der Waals surface area contributed by atoms with Crippen LogP contribution in [0.3, 0.4) is 0 Å². The average Bonchev–Trinajstić information content (AvgIpc) is 2.47. The minimum Gasteiger partial charge on any atom is -0.245 e. The van der Waals surface area contributed by atoms with Gasteiger partial charge < -0.3 is 0 Å². The Kier molecular flexibility index (Phi) is 5.17. The number of rotatable bonds is 3. The summed E-state index contributed by atoms with van der Waals surface area (Å²) in [6.45, 7) is 0. The van der Waals surface area contributed by atoms with Gasteiger partial charge in [0, 0.05) is 0 Å². The van der Waals surface area contributed by atoms with Crippen molar-refractivity contribution in [3.8, 4) is 0 Å². The highest BCUT2D eigenvalue weighted by Gasteiger charge is 2.23. The number of hydrogen-bond acceptors (Lipinski definition) is 7. The fourth-order valence-corrected chi connectivity index (χ4v) is 2.70. The molecule has 0 saturated heterocycles. The molecule has 24 heavy (non-hydrogen) atoms. The Hall–Kier alpha value is -1.51. The summed E-state index contributed by atoms with van der Waals surface area (Å²) in [4.78, 5) is 24.9. The minimum atomic E-state index is -0.117. The van der Waals surface area contributed by atoms with Gasteiger partial charge in [0.15, 0.2) is 0 Å². The summed E-state index contributed by atoms with van der Waals surface area (Å²) in [7, 11) is 0. The van der Waals surface area contributed by atoms with Crippen molar-refractivity contribution in [2.75, 3.05) is 4.90 Å². The molecule has 0 unspecified atom stereocenters. The highest BCUT2D eigenvalue weighted by atomic mass is 35.5. The molecule has 122 valence electrons. The topological polar surface area (TPSA) is 80.6 Å². The zero-order valence-electron chi connectivity index (χ0n) is 11.3. The van der Waals surface area contributed by atoms with E-state index in [1.165, 1.54) is 4.90 Å². The zero-order chi connectivity index (χ0) is 17.3. The molecule has 12 heteroatoms. The molecule has 3 aromatic rings. The van der Waals surface area contributed by atoms with E-state index < -0.39 is 0 Å². The van der Waals surface area contributed by atoms with Crippen LogP contribution < -0.4 is 4.90 Å². The highest BCUT2D eigenvalue weighted by Crippen LogP contribution is 2.35. The summed E-state index contributed by atoms with van der Waals surface area (Å²) in [5.74, 6) is 0.0675. The van der Waals surface area contributed by atoms with Crippen LogP contribution >= 0.6 is 58.0 Å². The molecule has 0 atom stereocenters. The van der Waals surface area contributed by atoms with Gasteiger partial charge in [0.05, 0.1) is 10.7 Å². The second-order valence-electron chi connectivity index (χ2n) is 4.13. The van der Waals surface area contributed by atoms with E-state index in [9.17, 15) is 0 Å². The van der Waals surface area contributed by atoms with Crippen LogP contribution in [0.2, 0.25) is 26.2 Å². The highest BCUT2D eigenvalue weighted by molar-refractivity contribution is 6.34. The van der Waals surface area contributed by atoms with Gasteiger partial charge >= 0.3 is 0 Å². The molecular weight excluding hydrogens is 419 g/mol. The molecule has 2 aromatic heterocycles. The van der Waals surface area contributed by atoms with E-state index in [0.717, 1.165) is 0 Å². The first-order valence-corrected chi connectivity index (χ1v) is 8.02. The quantitative estimate of drug-likeness (QED) is 0.599. The van der Waals surface area contributed by atoms with Gasteiger partial charge in [-0.2, -0.15) is 29.9 Å². The monoisotopic (exact) mass is 421 g/mol. The molecule has 0 aliphatic heterocycles. The minimum absolute atomic E-state index is 0.0337. The van der Waals surface area contributed by atoms with Gasteiger partial charge in [0.2, 0.25) is 33.0 Å². The number of nitrogens with zero attached hydrogens (tertiary/aromatic N) is 7. The molecule has 0 spiro atoms. The third kappa shape index (κ3) is 3.76. The van der Waals surface area contributed by atoms with Crippen LogP contribution in [0.25, 0.3) is 0 Å². The standard InChI is InChI=1S/C12H4Cl5N7/c13-5-3-1-2-4-6(5)24(11-20-7(14)18-8(15)21-11)12-22-9(16)19-10(17)23-12/h1-4H. The molecule has 0 radical (unpaired) electrons. The molecule has 2 heterocycles. The van der Waals surface area contributed by atoms with Crippen molar-refractivity contribution in [2.45, 2.75) is 0 Å². The van der Waals surface area contributed by atoms with Crippen LogP contribution in [0.5, 0.6) is 0 Å². The van der Waals surface area contributed by atoms with Crippen molar-refractivity contribution in [1.29, 1.82) is 0 Å². The Balaban J connectivity index is 2.26. The van der Waals surface area contributed by atoms with Crippen LogP contribution in [-0.4, -0.2) is 29.9 Å². The Labute approximate surface area is 160 Å². The van der Waals surface area contributed by atoms with Gasteiger partial charge in [-0.1, -0.05) is 23.7 Å². The lowest BCUT2D eigenvalue weighted by molar-refractivity contribution is 0.950. The Morgan fingerprint density at radius 1 is 0.583 bits per heavy atom. The molecule has 1 aromatic carbocycles. The third-order valence-corrected chi connectivity index (χ3v) is 3.63. The van der Waals surface area contributed by atoms with Gasteiger partial charge in [0.25, 0.3) is 0 Å². The van der Waals surface area contributed by atoms with Crippen molar-refractivity contribution >= 4 is 75.6 Å². The number of aromatic nitrogens is 6. The fourth-order valence-electron chi connectivity index (χ4n) is 1.77. The molecule has 0 saturated carbocycles. The van der Waals surface area contributed by atoms with Crippen molar-refractivity contribution in [2.24, 2.45) is 0 Å². The van der Waals surface area contributed by atoms with E-state index in [-0.39, 0.29) is 33.0 Å². The molecule has 0 aliphatic rings. The van der Waals surface area contributed by atoms with E-state index in [2.05, 4.69) is 29.9 Å². The smallest absolute Gasteiger partial charge is 0.242 e. The van der Waals surface area contributed by atoms with E-state index in [4.69, 9.17) is 58.0 Å². The Morgan fingerprint density at radius 2 is 1.00 bits per heavy atom. The van der Waals surface area contributed by atoms with E-state index in [0.29, 0.717) is 10.7 Å². The largest absolute Gasteiger partial charge is 0.245 e. The first kappa shape index (κ1) is 17.3. The molecule has 0 amide bonds. The van der Waals surface area contributed by atoms with Crippen LogP contribution in [0.1, 0.15) is 0 Å². The summed E-state index contributed by atoms with van der Waals surface area (Å²) in [6, 6.07) is 6.87. The predicted octanol–water partition coefficient (Wildman–Crippen LogP) is 4.79. The Morgan fingerprint density at radius 3 is 1.42 bits per heavy atom. The maximum absolute atomic E-state index is 6.26. The maximum atomic E-state index is 6.26. The lowest BCUT2D eigenvalue weighted by Gasteiger charge is -2.21. The van der Waals surface area contributed by atoms with Gasteiger partial charge in [-0.25, -0.2) is 4.90 Å². The molecule has 0 N–H and O–H groups in total. The summed E-state index contributed by atoms with van der Waals surface area (Å²) in [5.41, 5.74) is 0.454. The normalized spacial score (nSPS) is 10.7. The number of benzene rings is 1. The summed E-state index contributed by atoms with van der Waals surface area (Å²) >= 11 is 29.7. The zero-order valence-corrected chi connectivity index (χ0v) is 15.1. The van der Waals surface area contributed by atoms with Gasteiger partial charge in [0.1, 0.15) is 0 Å². The van der Waals surface area contributed by atoms with Crippen molar-refractivity contribution in [3.05, 3.63) is 50.4 Å². The van der Waals surface area contributed by atoms with Crippen LogP contribution in [0.4, 0.5) is 17.6 Å². The number of anilines is 3. The van der Waals surface area contributed by atoms with Gasteiger partial charge in [-0.15, -0.1) is 0 Å². The van der Waals surface area contributed by atoms with Crippen molar-refractivity contribution in [3.63, 3.8) is 0 Å². The molecule has 0 fully saturated rings. The molecule has 7 nitrogen and oxygen atoms in total. The molecular formula is C12H4Cl5N7. The van der Waals surface area contributed by atoms with Crippen LogP contribution in [0.15, 0.2) is 24.3 Å². The molecule has 0 bridgehead atoms. The van der Waals surface area contributed by atoms with Crippen LogP contribution in [0, 0.1) is 0 Å². The van der Waals surface area contributed by atoms with Gasteiger partial charge in [-0.05, 0) is 58.5 Å². The van der Waals surface area contributed by atoms with Crippen molar-refractivity contribution < 1.29 is 0 Å². The number of halogens is 5. The van der Waals surface area contributed by atoms with Crippen molar-refractivity contribution in [1.82, 2.24) is 29.9 Å². The predicted molar refractivity (Wildman–Crippen MR) is 92.9 cm³/mol. The summed E-state index contributed by atoms with van der Waals surface area (Å²) < 4.78 is 0. The number of para-hydroxylation sites is 1. The average molecular weight is 423 g/mol.